The molecule has 0 heterocycles. The van der Waals surface area contributed by atoms with E-state index in [0.717, 1.165) is 0 Å². The summed E-state index contributed by atoms with van der Waals surface area (Å²) in [6.07, 6.45) is 3.16. The molecule has 0 bridgehead atoms. The number of nitrogens with one attached hydrogen (secondary N) is 3. The van der Waals surface area contributed by atoms with E-state index in [1.807, 2.05) is 0 Å². The zero-order valence-electron chi connectivity index (χ0n) is 9.22. The Balaban J connectivity index is 3.93. The van der Waals surface area contributed by atoms with Crippen molar-refractivity contribution in [1.29, 1.82) is 5.41 Å². The highest BCUT2D eigenvalue weighted by molar-refractivity contribution is 6.41. The number of rotatable bonds is 7. The van der Waals surface area contributed by atoms with Crippen molar-refractivity contribution in [1.82, 2.24) is 10.6 Å². The molecule has 0 saturated carbocycles. The summed E-state index contributed by atoms with van der Waals surface area (Å²) in [4.78, 5) is 11.1. The molecule has 0 aliphatic rings. The first-order chi connectivity index (χ1) is 7.65. The summed E-state index contributed by atoms with van der Waals surface area (Å²) in [6.45, 7) is 2.63. The summed E-state index contributed by atoms with van der Waals surface area (Å²) in [7, 11) is 0. The Labute approximate surface area is 94.1 Å². The van der Waals surface area contributed by atoms with Crippen molar-refractivity contribution in [2.45, 2.75) is 6.92 Å². The maximum atomic E-state index is 12.1. The van der Waals surface area contributed by atoms with Crippen LogP contribution in [0.4, 0.5) is 4.39 Å². The van der Waals surface area contributed by atoms with Crippen LogP contribution in [0.5, 0.6) is 0 Å². The predicted molar refractivity (Wildman–Crippen MR) is 61.8 cm³/mol. The molecule has 90 valence electrons. The Hall–Kier alpha value is -1.69. The molecule has 5 nitrogen and oxygen atoms in total. The van der Waals surface area contributed by atoms with Crippen LogP contribution in [0.25, 0.3) is 0 Å². The summed E-state index contributed by atoms with van der Waals surface area (Å²) in [6, 6.07) is 0. The fourth-order valence-electron chi connectivity index (χ4n) is 0.819. The normalized spacial score (nSPS) is 11.6. The molecule has 0 aliphatic heterocycles. The zero-order valence-corrected chi connectivity index (χ0v) is 9.22. The molecule has 5 N–H and O–H groups in total. The molecule has 0 aliphatic carbocycles. The highest BCUT2D eigenvalue weighted by Gasteiger charge is 2.02. The first-order valence-electron chi connectivity index (χ1n) is 4.90. The fraction of sp³-hybridized carbons (Fsp3) is 0.400. The number of nitrogens with two attached hydrogens (primary N) is 1. The van der Waals surface area contributed by atoms with E-state index in [1.54, 1.807) is 6.92 Å². The van der Waals surface area contributed by atoms with E-state index < -0.39 is 5.91 Å². The van der Waals surface area contributed by atoms with Gasteiger partial charge in [-0.2, -0.15) is 0 Å². The van der Waals surface area contributed by atoms with Gasteiger partial charge in [-0.15, -0.1) is 0 Å². The number of halogens is 1. The van der Waals surface area contributed by atoms with E-state index in [-0.39, 0.29) is 18.8 Å². The lowest BCUT2D eigenvalue weighted by molar-refractivity contribution is -0.114. The van der Waals surface area contributed by atoms with Gasteiger partial charge in [0.1, 0.15) is 5.71 Å². The Bertz CT molecular complexity index is 299. The van der Waals surface area contributed by atoms with Crippen LogP contribution in [0.2, 0.25) is 0 Å². The van der Waals surface area contributed by atoms with E-state index in [0.29, 0.717) is 18.4 Å². The van der Waals surface area contributed by atoms with Gasteiger partial charge in [-0.1, -0.05) is 0 Å². The Morgan fingerprint density at radius 2 is 2.25 bits per heavy atom. The molecule has 0 spiro atoms. The average molecular weight is 228 g/mol. The van der Waals surface area contributed by atoms with Gasteiger partial charge >= 0.3 is 0 Å². The third kappa shape index (κ3) is 5.92. The molecule has 0 fully saturated rings. The molecule has 6 heteroatoms. The zero-order chi connectivity index (χ0) is 12.4. The summed E-state index contributed by atoms with van der Waals surface area (Å²) in [5.74, 6) is -0.444. The minimum absolute atomic E-state index is 0.130. The number of amides is 1. The summed E-state index contributed by atoms with van der Waals surface area (Å²) < 4.78 is 12.1. The Morgan fingerprint density at radius 1 is 1.56 bits per heavy atom. The minimum atomic E-state index is -0.444. The SMILES string of the molecule is CCNC(=O)C(=N)/C=C\NC/C(=C/F)CN. The lowest BCUT2D eigenvalue weighted by Crippen LogP contribution is -2.29. The second kappa shape index (κ2) is 8.60. The molecular formula is C10H17FN4O. The number of carbonyl (C=O) groups excluding carboxylic acids is 1. The molecule has 0 atom stereocenters. The lowest BCUT2D eigenvalue weighted by atomic mass is 10.3. The van der Waals surface area contributed by atoms with Crippen molar-refractivity contribution < 1.29 is 9.18 Å². The lowest BCUT2D eigenvalue weighted by Gasteiger charge is -2.02. The van der Waals surface area contributed by atoms with Gasteiger partial charge in [-0.25, -0.2) is 4.39 Å². The number of hydrogen-bond acceptors (Lipinski definition) is 4. The Morgan fingerprint density at radius 3 is 2.75 bits per heavy atom. The number of carbonyl (C=O) groups is 1. The minimum Gasteiger partial charge on any atom is -0.387 e. The van der Waals surface area contributed by atoms with Gasteiger partial charge in [0, 0.05) is 19.6 Å². The number of hydrogen-bond donors (Lipinski definition) is 4. The van der Waals surface area contributed by atoms with Crippen molar-refractivity contribution in [3.8, 4) is 0 Å². The van der Waals surface area contributed by atoms with Crippen LogP contribution in [0.3, 0.4) is 0 Å². The molecular weight excluding hydrogens is 211 g/mol. The largest absolute Gasteiger partial charge is 0.387 e. The van der Waals surface area contributed by atoms with Crippen LogP contribution < -0.4 is 16.4 Å². The van der Waals surface area contributed by atoms with E-state index in [9.17, 15) is 9.18 Å². The molecule has 1 amide bonds. The molecule has 16 heavy (non-hydrogen) atoms. The summed E-state index contributed by atoms with van der Waals surface area (Å²) in [5.41, 5.74) is 5.49. The van der Waals surface area contributed by atoms with Crippen LogP contribution in [-0.2, 0) is 4.79 Å². The predicted octanol–water partition coefficient (Wildman–Crippen LogP) is 0.0577. The van der Waals surface area contributed by atoms with Gasteiger partial charge in [0.2, 0.25) is 0 Å². The molecule has 0 unspecified atom stereocenters. The van der Waals surface area contributed by atoms with Gasteiger partial charge in [-0.05, 0) is 24.8 Å². The smallest absolute Gasteiger partial charge is 0.269 e. The van der Waals surface area contributed by atoms with Gasteiger partial charge in [0.05, 0.1) is 6.33 Å². The van der Waals surface area contributed by atoms with Crippen LogP contribution in [-0.4, -0.2) is 31.3 Å². The van der Waals surface area contributed by atoms with Gasteiger partial charge < -0.3 is 16.4 Å². The van der Waals surface area contributed by atoms with Crippen molar-refractivity contribution >= 4 is 11.6 Å². The molecule has 0 aromatic rings. The van der Waals surface area contributed by atoms with Crippen molar-refractivity contribution in [3.05, 3.63) is 24.2 Å². The van der Waals surface area contributed by atoms with Crippen LogP contribution >= 0.6 is 0 Å². The van der Waals surface area contributed by atoms with Crippen molar-refractivity contribution in [3.63, 3.8) is 0 Å². The molecule has 0 aromatic carbocycles. The maximum absolute atomic E-state index is 12.1. The third-order valence-electron chi connectivity index (χ3n) is 1.70. The third-order valence-corrected chi connectivity index (χ3v) is 1.70. The van der Waals surface area contributed by atoms with Crippen LogP contribution in [0.15, 0.2) is 24.2 Å². The quantitative estimate of drug-likeness (QED) is 0.464. The highest BCUT2D eigenvalue weighted by Crippen LogP contribution is 1.89. The van der Waals surface area contributed by atoms with Crippen molar-refractivity contribution in [2.75, 3.05) is 19.6 Å². The van der Waals surface area contributed by atoms with Crippen LogP contribution in [0.1, 0.15) is 6.92 Å². The highest BCUT2D eigenvalue weighted by atomic mass is 19.1. The van der Waals surface area contributed by atoms with E-state index >= 15 is 0 Å². The summed E-state index contributed by atoms with van der Waals surface area (Å²) in [5, 5.41) is 12.5. The van der Waals surface area contributed by atoms with E-state index in [4.69, 9.17) is 11.1 Å². The first kappa shape index (κ1) is 14.3. The second-order valence-electron chi connectivity index (χ2n) is 2.96. The molecule has 0 radical (unpaired) electrons. The second-order valence-corrected chi connectivity index (χ2v) is 2.96. The average Bonchev–Trinajstić information content (AvgIpc) is 2.29. The van der Waals surface area contributed by atoms with Crippen molar-refractivity contribution in [2.24, 2.45) is 5.73 Å². The standard InChI is InChI=1S/C10H17FN4O/c1-2-15-10(16)9(13)3-4-14-7-8(5-11)6-12/h3-5,13-14H,2,6-7,12H2,1H3,(H,15,16)/b4-3-,8-5+,13-9?. The van der Waals surface area contributed by atoms with Gasteiger partial charge in [0.25, 0.3) is 5.91 Å². The monoisotopic (exact) mass is 228 g/mol. The van der Waals surface area contributed by atoms with E-state index in [2.05, 4.69) is 10.6 Å². The first-order valence-corrected chi connectivity index (χ1v) is 4.90. The van der Waals surface area contributed by atoms with Gasteiger partial charge in [-0.3, -0.25) is 10.2 Å². The molecule has 0 saturated heterocycles. The van der Waals surface area contributed by atoms with E-state index in [1.165, 1.54) is 12.3 Å². The summed E-state index contributed by atoms with van der Waals surface area (Å²) >= 11 is 0. The van der Waals surface area contributed by atoms with Gasteiger partial charge in [0.15, 0.2) is 0 Å². The fourth-order valence-corrected chi connectivity index (χ4v) is 0.819. The molecule has 0 aromatic heterocycles. The topological polar surface area (TPSA) is 91.0 Å². The molecule has 0 rings (SSSR count). The van der Waals surface area contributed by atoms with Crippen LogP contribution in [0, 0.1) is 5.41 Å². The maximum Gasteiger partial charge on any atom is 0.269 e. The Kier molecular flexibility index (Phi) is 7.70.